The first-order valence-electron chi connectivity index (χ1n) is 10.9. The molecule has 35 heavy (non-hydrogen) atoms. The van der Waals surface area contributed by atoms with Crippen LogP contribution in [0.4, 0.5) is 5.95 Å². The molecule has 0 fully saturated rings. The highest BCUT2D eigenvalue weighted by Gasteiger charge is 2.42. The van der Waals surface area contributed by atoms with E-state index in [-0.39, 0.29) is 6.04 Å². The summed E-state index contributed by atoms with van der Waals surface area (Å²) in [7, 11) is 3.31. The number of hydrogen-bond donors (Lipinski definition) is 1. The van der Waals surface area contributed by atoms with Crippen molar-refractivity contribution in [2.24, 2.45) is 0 Å². The van der Waals surface area contributed by atoms with Crippen molar-refractivity contribution < 1.29 is 14.2 Å². The van der Waals surface area contributed by atoms with E-state index in [0.29, 0.717) is 16.7 Å². The highest BCUT2D eigenvalue weighted by atomic mass is 79.9. The van der Waals surface area contributed by atoms with Gasteiger partial charge >= 0.3 is 0 Å². The fourth-order valence-electron chi connectivity index (χ4n) is 4.72. The van der Waals surface area contributed by atoms with Gasteiger partial charge in [-0.15, -0.1) is 0 Å². The third-order valence-electron chi connectivity index (χ3n) is 6.28. The Balaban J connectivity index is 1.64. The van der Waals surface area contributed by atoms with Crippen LogP contribution in [-0.2, 0) is 0 Å². The number of nitrogens with one attached hydrogen (secondary N) is 1. The van der Waals surface area contributed by atoms with Gasteiger partial charge in [-0.05, 0) is 54.1 Å². The van der Waals surface area contributed by atoms with Gasteiger partial charge < -0.3 is 19.5 Å². The van der Waals surface area contributed by atoms with Gasteiger partial charge in [-0.2, -0.15) is 10.1 Å². The Morgan fingerprint density at radius 2 is 1.86 bits per heavy atom. The third-order valence-corrected chi connectivity index (χ3v) is 7.01. The molecule has 0 amide bonds. The van der Waals surface area contributed by atoms with Crippen LogP contribution in [0.25, 0.3) is 5.70 Å². The number of anilines is 1. The molecule has 0 saturated carbocycles. The van der Waals surface area contributed by atoms with Crippen LogP contribution in [0.5, 0.6) is 17.2 Å². The van der Waals surface area contributed by atoms with Crippen molar-refractivity contribution in [3.8, 4) is 17.2 Å². The van der Waals surface area contributed by atoms with E-state index in [1.54, 1.807) is 20.5 Å². The fraction of sp³-hybridized carbons (Fsp3) is 0.154. The largest absolute Gasteiger partial charge is 0.497 e. The number of rotatable bonds is 4. The first-order valence-corrected chi connectivity index (χ1v) is 12.1. The number of aromatic nitrogens is 3. The minimum Gasteiger partial charge on any atom is -0.497 e. The summed E-state index contributed by atoms with van der Waals surface area (Å²) in [5, 5.41) is 8.67. The Hall–Kier alpha value is -3.49. The number of nitrogens with zero attached hydrogens (tertiary/aromatic N) is 3. The summed E-state index contributed by atoms with van der Waals surface area (Å²) >= 11 is 10.0. The third kappa shape index (κ3) is 3.64. The smallest absolute Gasteiger partial charge is 0.226 e. The Labute approximate surface area is 215 Å². The second-order valence-corrected chi connectivity index (χ2v) is 9.54. The molecule has 1 aromatic heterocycles. The number of hydrogen-bond acceptors (Lipinski definition) is 6. The number of fused-ring (bicyclic) bond motifs is 3. The summed E-state index contributed by atoms with van der Waals surface area (Å²) in [6, 6.07) is 19.2. The molecule has 2 aliphatic rings. The van der Waals surface area contributed by atoms with Gasteiger partial charge in [-0.25, -0.2) is 4.68 Å². The summed E-state index contributed by atoms with van der Waals surface area (Å²) in [5.41, 5.74) is 4.63. The van der Waals surface area contributed by atoms with Gasteiger partial charge in [0.2, 0.25) is 5.95 Å². The van der Waals surface area contributed by atoms with Crippen LogP contribution in [0.1, 0.15) is 28.8 Å². The number of ether oxygens (including phenoxy) is 3. The molecule has 3 heterocycles. The van der Waals surface area contributed by atoms with Crippen LogP contribution in [0.15, 0.2) is 77.0 Å². The molecule has 0 spiro atoms. The van der Waals surface area contributed by atoms with Crippen LogP contribution in [0.2, 0.25) is 5.02 Å². The zero-order valence-electron chi connectivity index (χ0n) is 18.8. The van der Waals surface area contributed by atoms with Crippen LogP contribution in [0.3, 0.4) is 0 Å². The normalized spacial score (nSPS) is 18.1. The van der Waals surface area contributed by atoms with Crippen molar-refractivity contribution in [2.45, 2.75) is 12.1 Å². The van der Waals surface area contributed by atoms with E-state index in [1.807, 2.05) is 65.3 Å². The molecule has 176 valence electrons. The monoisotopic (exact) mass is 550 g/mol. The lowest BCUT2D eigenvalue weighted by molar-refractivity contribution is 0.217. The molecule has 3 aromatic carbocycles. The molecule has 2 atom stereocenters. The SMILES string of the molecule is COc1ccc([C@@H]2C3=C(Nc4ncnn42)c2cc(Cl)ccc2O[C@@H]3c2cc(Br)ccc2OC)cc1. The molecule has 1 N–H and O–H groups in total. The fourth-order valence-corrected chi connectivity index (χ4v) is 5.27. The molecule has 2 aliphatic heterocycles. The van der Waals surface area contributed by atoms with Crippen molar-refractivity contribution in [3.05, 3.63) is 98.7 Å². The maximum absolute atomic E-state index is 6.68. The average Bonchev–Trinajstić information content (AvgIpc) is 3.35. The van der Waals surface area contributed by atoms with Crippen molar-refractivity contribution in [2.75, 3.05) is 19.5 Å². The lowest BCUT2D eigenvalue weighted by atomic mass is 9.84. The molecule has 0 bridgehead atoms. The van der Waals surface area contributed by atoms with Crippen molar-refractivity contribution >= 4 is 39.2 Å². The summed E-state index contributed by atoms with van der Waals surface area (Å²) in [5.74, 6) is 2.85. The summed E-state index contributed by atoms with van der Waals surface area (Å²) in [6.07, 6.45) is 1.08. The molecule has 4 aromatic rings. The van der Waals surface area contributed by atoms with E-state index in [9.17, 15) is 0 Å². The molecule has 0 aliphatic carbocycles. The van der Waals surface area contributed by atoms with Gasteiger partial charge in [-0.3, -0.25) is 0 Å². The Bertz CT molecular complexity index is 1470. The van der Waals surface area contributed by atoms with Gasteiger partial charge in [-0.1, -0.05) is 39.7 Å². The van der Waals surface area contributed by atoms with Gasteiger partial charge in [0.25, 0.3) is 0 Å². The number of halogens is 2. The van der Waals surface area contributed by atoms with E-state index < -0.39 is 6.10 Å². The molecule has 0 radical (unpaired) electrons. The first-order chi connectivity index (χ1) is 17.1. The zero-order chi connectivity index (χ0) is 24.1. The minimum absolute atomic E-state index is 0.296. The van der Waals surface area contributed by atoms with Gasteiger partial charge in [0, 0.05) is 26.2 Å². The van der Waals surface area contributed by atoms with E-state index in [1.165, 1.54) is 0 Å². The van der Waals surface area contributed by atoms with Crippen molar-refractivity contribution in [1.29, 1.82) is 0 Å². The zero-order valence-corrected chi connectivity index (χ0v) is 21.2. The lowest BCUT2D eigenvalue weighted by Gasteiger charge is -2.39. The highest BCUT2D eigenvalue weighted by molar-refractivity contribution is 9.10. The van der Waals surface area contributed by atoms with Crippen LogP contribution >= 0.6 is 27.5 Å². The average molecular weight is 552 g/mol. The van der Waals surface area contributed by atoms with E-state index in [0.717, 1.165) is 43.9 Å². The van der Waals surface area contributed by atoms with Crippen LogP contribution in [-0.4, -0.2) is 29.0 Å². The Kier molecular flexibility index (Phi) is 5.42. The van der Waals surface area contributed by atoms with Gasteiger partial charge in [0.1, 0.15) is 29.6 Å². The summed E-state index contributed by atoms with van der Waals surface area (Å²) in [4.78, 5) is 4.47. The standard InChI is InChI=1S/C26H20BrClN4O3/c1-33-17-7-3-14(4-8-17)24-22-23(31-26-29-13-30-32(24)26)18-12-16(28)6-10-21(18)35-25(22)19-11-15(27)5-9-20(19)34-2/h3-13,24-25H,1-2H3,(H,29,30,31)/t24-,25-/m1/s1. The van der Waals surface area contributed by atoms with Crippen LogP contribution in [0, 0.1) is 0 Å². The van der Waals surface area contributed by atoms with Gasteiger partial charge in [0.05, 0.1) is 19.9 Å². The predicted octanol–water partition coefficient (Wildman–Crippen LogP) is 6.27. The van der Waals surface area contributed by atoms with Crippen LogP contribution < -0.4 is 19.5 Å². The van der Waals surface area contributed by atoms with Gasteiger partial charge in [0.15, 0.2) is 6.10 Å². The minimum atomic E-state index is -0.469. The molecular formula is C26H20BrClN4O3. The second kappa shape index (κ2) is 8.62. The second-order valence-electron chi connectivity index (χ2n) is 8.18. The Morgan fingerprint density at radius 3 is 2.63 bits per heavy atom. The molecular weight excluding hydrogens is 532 g/mol. The first kappa shape index (κ1) is 22.0. The topological polar surface area (TPSA) is 70.4 Å². The molecule has 7 nitrogen and oxygen atoms in total. The molecule has 6 rings (SSSR count). The van der Waals surface area contributed by atoms with E-state index >= 15 is 0 Å². The van der Waals surface area contributed by atoms with E-state index in [2.05, 4.69) is 31.3 Å². The maximum Gasteiger partial charge on any atom is 0.226 e. The quantitative estimate of drug-likeness (QED) is 0.322. The molecule has 9 heteroatoms. The summed E-state index contributed by atoms with van der Waals surface area (Å²) < 4.78 is 20.6. The van der Waals surface area contributed by atoms with E-state index in [4.69, 9.17) is 25.8 Å². The number of methoxy groups -OCH3 is 2. The molecule has 0 unspecified atom stereocenters. The molecule has 0 saturated heterocycles. The van der Waals surface area contributed by atoms with Crippen molar-refractivity contribution in [3.63, 3.8) is 0 Å². The lowest BCUT2D eigenvalue weighted by Crippen LogP contribution is -2.32. The summed E-state index contributed by atoms with van der Waals surface area (Å²) in [6.45, 7) is 0. The number of benzene rings is 3. The highest BCUT2D eigenvalue weighted by Crippen LogP contribution is 2.52. The van der Waals surface area contributed by atoms with Crippen molar-refractivity contribution in [1.82, 2.24) is 14.8 Å². The predicted molar refractivity (Wildman–Crippen MR) is 137 cm³/mol. The Morgan fingerprint density at radius 1 is 1.03 bits per heavy atom. The maximum atomic E-state index is 6.68.